The van der Waals surface area contributed by atoms with Gasteiger partial charge in [0.1, 0.15) is 5.15 Å². The van der Waals surface area contributed by atoms with Crippen LogP contribution >= 0.6 is 11.6 Å². The van der Waals surface area contributed by atoms with Crippen LogP contribution in [-0.2, 0) is 0 Å². The van der Waals surface area contributed by atoms with Gasteiger partial charge in [-0.1, -0.05) is 127 Å². The third-order valence-electron chi connectivity index (χ3n) is 6.98. The van der Waals surface area contributed by atoms with Gasteiger partial charge in [-0.05, 0) is 49.5 Å². The van der Waals surface area contributed by atoms with Crippen molar-refractivity contribution in [2.45, 2.75) is 0 Å². The van der Waals surface area contributed by atoms with E-state index in [1.54, 1.807) is 0 Å². The molecule has 0 atom stereocenters. The summed E-state index contributed by atoms with van der Waals surface area (Å²) in [6.07, 6.45) is 0. The van der Waals surface area contributed by atoms with Crippen LogP contribution in [0.15, 0.2) is 127 Å². The molecule has 0 spiro atoms. The molecule has 7 aromatic rings. The number of hydrogen-bond donors (Lipinski definition) is 0. The first-order valence-corrected chi connectivity index (χ1v) is 12.7. The molecular weight excluding hydrogens is 472 g/mol. The van der Waals surface area contributed by atoms with Crippen LogP contribution in [0.5, 0.6) is 0 Å². The van der Waals surface area contributed by atoms with Crippen molar-refractivity contribution in [2.24, 2.45) is 0 Å². The zero-order chi connectivity index (χ0) is 24.8. The van der Waals surface area contributed by atoms with E-state index in [9.17, 15) is 0 Å². The lowest BCUT2D eigenvalue weighted by atomic mass is 9.92. The molecule has 0 aliphatic heterocycles. The monoisotopic (exact) mass is 492 g/mol. The Morgan fingerprint density at radius 2 is 1.08 bits per heavy atom. The van der Waals surface area contributed by atoms with Crippen molar-refractivity contribution in [2.75, 3.05) is 0 Å². The molecule has 1 heterocycles. The number of nitrogens with zero attached hydrogens (tertiary/aromatic N) is 2. The van der Waals surface area contributed by atoms with Crippen LogP contribution in [0.1, 0.15) is 0 Å². The number of hydrogen-bond acceptors (Lipinski definition) is 2. The maximum absolute atomic E-state index is 6.47. The van der Waals surface area contributed by atoms with E-state index >= 15 is 0 Å². The quantitative estimate of drug-likeness (QED) is 0.181. The minimum atomic E-state index is 0.429. The second-order valence-corrected chi connectivity index (χ2v) is 9.58. The van der Waals surface area contributed by atoms with Gasteiger partial charge in [-0.25, -0.2) is 9.97 Å². The van der Waals surface area contributed by atoms with Gasteiger partial charge in [-0.3, -0.25) is 0 Å². The Morgan fingerprint density at radius 3 is 1.92 bits per heavy atom. The summed E-state index contributed by atoms with van der Waals surface area (Å²) >= 11 is 6.47. The normalized spacial score (nSPS) is 11.4. The maximum atomic E-state index is 6.47. The molecule has 0 saturated carbocycles. The highest BCUT2D eigenvalue weighted by Gasteiger charge is 2.14. The Kier molecular flexibility index (Phi) is 5.20. The highest BCUT2D eigenvalue weighted by atomic mass is 35.5. The second-order valence-electron chi connectivity index (χ2n) is 9.19. The lowest BCUT2D eigenvalue weighted by Gasteiger charge is -2.13. The van der Waals surface area contributed by atoms with Crippen LogP contribution in [0, 0.1) is 0 Å². The molecule has 0 radical (unpaired) electrons. The first-order valence-electron chi connectivity index (χ1n) is 12.3. The Morgan fingerprint density at radius 1 is 0.432 bits per heavy atom. The summed E-state index contributed by atoms with van der Waals surface area (Å²) in [5, 5.41) is 7.78. The highest BCUT2D eigenvalue weighted by Crippen LogP contribution is 2.37. The molecule has 1 aromatic heterocycles. The second kappa shape index (κ2) is 8.85. The average molecular weight is 493 g/mol. The third-order valence-corrected chi connectivity index (χ3v) is 7.18. The summed E-state index contributed by atoms with van der Waals surface area (Å²) in [6, 6.07) is 44.3. The van der Waals surface area contributed by atoms with Gasteiger partial charge in [0, 0.05) is 17.2 Å². The Hall–Kier alpha value is -4.53. The molecule has 0 bridgehead atoms. The van der Waals surface area contributed by atoms with Crippen molar-refractivity contribution in [3.63, 3.8) is 0 Å². The van der Waals surface area contributed by atoms with E-state index in [0.717, 1.165) is 22.2 Å². The number of halogens is 1. The Balaban J connectivity index is 1.40. The standard InChI is InChI=1S/C34H21ClN2/c35-33-21-32(36-34(37-33)23-9-2-1-3-10-23)31-19-18-28(29-12-6-7-13-30(29)31)25-16-17-27-24(20-25)15-14-22-8-4-5-11-26(22)27/h1-21H. The smallest absolute Gasteiger partial charge is 0.161 e. The number of benzene rings is 6. The largest absolute Gasteiger partial charge is 0.228 e. The summed E-state index contributed by atoms with van der Waals surface area (Å²) in [4.78, 5) is 9.38. The average Bonchev–Trinajstić information content (AvgIpc) is 2.96. The molecule has 2 nitrogen and oxygen atoms in total. The van der Waals surface area contributed by atoms with Crippen molar-refractivity contribution in [1.82, 2.24) is 9.97 Å². The zero-order valence-electron chi connectivity index (χ0n) is 19.9. The Bertz CT molecular complexity index is 1940. The van der Waals surface area contributed by atoms with Crippen molar-refractivity contribution >= 4 is 43.9 Å². The van der Waals surface area contributed by atoms with Crippen LogP contribution in [0.4, 0.5) is 0 Å². The molecule has 0 aliphatic rings. The van der Waals surface area contributed by atoms with E-state index in [-0.39, 0.29) is 0 Å². The molecule has 7 rings (SSSR count). The fraction of sp³-hybridized carbons (Fsp3) is 0. The van der Waals surface area contributed by atoms with Crippen LogP contribution in [0.2, 0.25) is 5.15 Å². The minimum Gasteiger partial charge on any atom is -0.228 e. The van der Waals surface area contributed by atoms with E-state index in [0.29, 0.717) is 11.0 Å². The van der Waals surface area contributed by atoms with Crippen molar-refractivity contribution < 1.29 is 0 Å². The van der Waals surface area contributed by atoms with Gasteiger partial charge in [-0.15, -0.1) is 0 Å². The van der Waals surface area contributed by atoms with Crippen LogP contribution in [0.3, 0.4) is 0 Å². The number of aromatic nitrogens is 2. The van der Waals surface area contributed by atoms with Crippen molar-refractivity contribution in [3.05, 3.63) is 133 Å². The fourth-order valence-corrected chi connectivity index (χ4v) is 5.41. The molecule has 174 valence electrons. The van der Waals surface area contributed by atoms with E-state index < -0.39 is 0 Å². The summed E-state index contributed by atoms with van der Waals surface area (Å²) in [5.74, 6) is 0.623. The SMILES string of the molecule is Clc1cc(-c2ccc(-c3ccc4c(ccc5ccccc54)c3)c3ccccc23)nc(-c2ccccc2)n1. The Labute approximate surface area is 219 Å². The lowest BCUT2D eigenvalue weighted by Crippen LogP contribution is -1.94. The molecular formula is C34H21ClN2. The fourth-order valence-electron chi connectivity index (χ4n) is 5.23. The summed E-state index contributed by atoms with van der Waals surface area (Å²) < 4.78 is 0. The van der Waals surface area contributed by atoms with Gasteiger partial charge in [0.15, 0.2) is 5.82 Å². The van der Waals surface area contributed by atoms with Gasteiger partial charge < -0.3 is 0 Å². The van der Waals surface area contributed by atoms with Crippen LogP contribution in [-0.4, -0.2) is 9.97 Å². The minimum absolute atomic E-state index is 0.429. The first kappa shape index (κ1) is 21.7. The highest BCUT2D eigenvalue weighted by molar-refractivity contribution is 6.29. The molecule has 0 fully saturated rings. The van der Waals surface area contributed by atoms with Gasteiger partial charge in [-0.2, -0.15) is 0 Å². The number of fused-ring (bicyclic) bond motifs is 4. The molecule has 0 aliphatic carbocycles. The number of rotatable bonds is 3. The first-order chi connectivity index (χ1) is 18.2. The summed E-state index contributed by atoms with van der Waals surface area (Å²) in [5.41, 5.74) is 5.17. The molecule has 0 unspecified atom stereocenters. The topological polar surface area (TPSA) is 25.8 Å². The molecule has 0 amide bonds. The van der Waals surface area contributed by atoms with Crippen molar-refractivity contribution in [3.8, 4) is 33.8 Å². The van der Waals surface area contributed by atoms with E-state index in [4.69, 9.17) is 16.6 Å². The predicted molar refractivity (Wildman–Crippen MR) is 156 cm³/mol. The van der Waals surface area contributed by atoms with Gasteiger partial charge in [0.05, 0.1) is 5.69 Å². The van der Waals surface area contributed by atoms with E-state index in [1.165, 1.54) is 38.1 Å². The zero-order valence-corrected chi connectivity index (χ0v) is 20.7. The molecule has 37 heavy (non-hydrogen) atoms. The molecule has 3 heteroatoms. The van der Waals surface area contributed by atoms with Gasteiger partial charge in [0.2, 0.25) is 0 Å². The summed E-state index contributed by atoms with van der Waals surface area (Å²) in [6.45, 7) is 0. The van der Waals surface area contributed by atoms with E-state index in [2.05, 4.69) is 96.0 Å². The lowest BCUT2D eigenvalue weighted by molar-refractivity contribution is 1.18. The van der Waals surface area contributed by atoms with Gasteiger partial charge in [0.25, 0.3) is 0 Å². The third kappa shape index (κ3) is 3.83. The van der Waals surface area contributed by atoms with Crippen LogP contribution in [0.25, 0.3) is 66.1 Å². The van der Waals surface area contributed by atoms with Gasteiger partial charge >= 0.3 is 0 Å². The van der Waals surface area contributed by atoms with Crippen molar-refractivity contribution in [1.29, 1.82) is 0 Å². The maximum Gasteiger partial charge on any atom is 0.161 e. The molecule has 0 saturated heterocycles. The van der Waals surface area contributed by atoms with Crippen LogP contribution < -0.4 is 0 Å². The molecule has 6 aromatic carbocycles. The van der Waals surface area contributed by atoms with E-state index in [1.807, 2.05) is 36.4 Å². The molecule has 0 N–H and O–H groups in total. The summed E-state index contributed by atoms with van der Waals surface area (Å²) in [7, 11) is 0. The predicted octanol–water partition coefficient (Wildman–Crippen LogP) is 9.59.